The first-order chi connectivity index (χ1) is 12.0. The summed E-state index contributed by atoms with van der Waals surface area (Å²) in [5, 5.41) is 17.4. The molecule has 3 rings (SSSR count). The Kier molecular flexibility index (Phi) is 5.38. The fourth-order valence-corrected chi connectivity index (χ4v) is 3.26. The average Bonchev–Trinajstić information content (AvgIpc) is 3.16. The van der Waals surface area contributed by atoms with Gasteiger partial charge in [0.25, 0.3) is 0 Å². The van der Waals surface area contributed by atoms with Crippen molar-refractivity contribution in [3.8, 4) is 5.75 Å². The number of benzene rings is 1. The van der Waals surface area contributed by atoms with Gasteiger partial charge in [0.2, 0.25) is 5.91 Å². The molecule has 0 bridgehead atoms. The number of hydrogen-bond donors (Lipinski definition) is 2. The van der Waals surface area contributed by atoms with Crippen molar-refractivity contribution in [2.45, 2.75) is 32.8 Å². The number of likely N-dealkylation sites (tertiary alicyclic amines) is 1. The molecular weight excluding hydrogens is 318 g/mol. The van der Waals surface area contributed by atoms with E-state index in [1.54, 1.807) is 4.90 Å². The van der Waals surface area contributed by atoms with Crippen LogP contribution in [0.15, 0.2) is 30.3 Å². The lowest BCUT2D eigenvalue weighted by atomic mass is 10.0. The van der Waals surface area contributed by atoms with Crippen LogP contribution in [0.5, 0.6) is 5.75 Å². The predicted molar refractivity (Wildman–Crippen MR) is 94.4 cm³/mol. The molecule has 6 nitrogen and oxygen atoms in total. The van der Waals surface area contributed by atoms with Crippen molar-refractivity contribution in [3.05, 3.63) is 47.3 Å². The van der Waals surface area contributed by atoms with E-state index in [4.69, 9.17) is 4.74 Å². The molecule has 25 heavy (non-hydrogen) atoms. The van der Waals surface area contributed by atoms with Gasteiger partial charge in [-0.05, 0) is 44.0 Å². The average molecular weight is 343 g/mol. The minimum atomic E-state index is -0.499. The number of aryl methyl sites for hydroxylation is 1. The highest BCUT2D eigenvalue weighted by Gasteiger charge is 2.34. The van der Waals surface area contributed by atoms with Gasteiger partial charge in [-0.15, -0.1) is 0 Å². The van der Waals surface area contributed by atoms with Gasteiger partial charge in [0.05, 0.1) is 24.8 Å². The highest BCUT2D eigenvalue weighted by atomic mass is 16.5. The highest BCUT2D eigenvalue weighted by Crippen LogP contribution is 2.22. The maximum Gasteiger partial charge on any atom is 0.227 e. The number of aliphatic hydroxyl groups is 1. The second-order valence-electron chi connectivity index (χ2n) is 6.63. The van der Waals surface area contributed by atoms with E-state index in [1.807, 2.05) is 44.2 Å². The molecule has 2 atom stereocenters. The van der Waals surface area contributed by atoms with Crippen molar-refractivity contribution >= 4 is 5.91 Å². The highest BCUT2D eigenvalue weighted by molar-refractivity contribution is 5.79. The first kappa shape index (κ1) is 17.5. The zero-order valence-electron chi connectivity index (χ0n) is 14.7. The fourth-order valence-electron chi connectivity index (χ4n) is 3.26. The van der Waals surface area contributed by atoms with E-state index < -0.39 is 6.10 Å². The van der Waals surface area contributed by atoms with Crippen LogP contribution in [0.4, 0.5) is 0 Å². The Bertz CT molecular complexity index is 711. The van der Waals surface area contributed by atoms with Crippen LogP contribution in [0, 0.1) is 12.8 Å². The molecule has 1 aliphatic heterocycles. The summed E-state index contributed by atoms with van der Waals surface area (Å²) in [4.78, 5) is 14.3. The molecule has 1 fully saturated rings. The molecule has 0 radical (unpaired) electrons. The summed E-state index contributed by atoms with van der Waals surface area (Å²) in [6.07, 6.45) is 0.521. The molecule has 2 heterocycles. The number of H-pyrrole nitrogens is 1. The molecular formula is C19H25N3O3. The van der Waals surface area contributed by atoms with Gasteiger partial charge in [-0.3, -0.25) is 9.89 Å². The quantitative estimate of drug-likeness (QED) is 0.837. The lowest BCUT2D eigenvalue weighted by molar-refractivity contribution is -0.129. The molecule has 134 valence electrons. The summed E-state index contributed by atoms with van der Waals surface area (Å²) in [5.74, 6) is 0.889. The molecule has 6 heteroatoms. The smallest absolute Gasteiger partial charge is 0.227 e. The summed E-state index contributed by atoms with van der Waals surface area (Å²) < 4.78 is 5.42. The van der Waals surface area contributed by atoms with Crippen molar-refractivity contribution in [3.63, 3.8) is 0 Å². The zero-order valence-corrected chi connectivity index (χ0v) is 14.7. The number of β-amino-alcohol motifs (C(OH)–C–C–N with tert-alkyl or cyclic N) is 1. The number of rotatable bonds is 6. The number of amides is 1. The van der Waals surface area contributed by atoms with Crippen molar-refractivity contribution in [2.24, 2.45) is 5.92 Å². The molecule has 0 aliphatic carbocycles. The topological polar surface area (TPSA) is 78.5 Å². The van der Waals surface area contributed by atoms with Gasteiger partial charge in [0.1, 0.15) is 5.75 Å². The molecule has 1 amide bonds. The molecule has 2 N–H and O–H groups in total. The SMILES string of the molecule is CCOc1ccc(CC(=O)N2C[C@@H](Cc3cc(C)[nH]n3)[C@@H](O)C2)cc1. The van der Waals surface area contributed by atoms with Crippen LogP contribution in [-0.2, 0) is 17.6 Å². The van der Waals surface area contributed by atoms with Crippen LogP contribution in [0.3, 0.4) is 0 Å². The molecule has 1 aromatic heterocycles. The summed E-state index contributed by atoms with van der Waals surface area (Å²) in [6, 6.07) is 9.58. The fraction of sp³-hybridized carbons (Fsp3) is 0.474. The van der Waals surface area contributed by atoms with Gasteiger partial charge in [0, 0.05) is 24.7 Å². The van der Waals surface area contributed by atoms with E-state index in [1.165, 1.54) is 0 Å². The normalized spacial score (nSPS) is 20.0. The summed E-state index contributed by atoms with van der Waals surface area (Å²) in [6.45, 7) is 5.48. The molecule has 0 unspecified atom stereocenters. The first-order valence-electron chi connectivity index (χ1n) is 8.73. The Morgan fingerprint density at radius 2 is 2.12 bits per heavy atom. The van der Waals surface area contributed by atoms with E-state index in [9.17, 15) is 9.90 Å². The van der Waals surface area contributed by atoms with Gasteiger partial charge >= 0.3 is 0 Å². The molecule has 2 aromatic rings. The third-order valence-electron chi connectivity index (χ3n) is 4.58. The first-order valence-corrected chi connectivity index (χ1v) is 8.73. The Balaban J connectivity index is 1.55. The van der Waals surface area contributed by atoms with Crippen molar-refractivity contribution in [1.82, 2.24) is 15.1 Å². The van der Waals surface area contributed by atoms with Crippen molar-refractivity contribution in [1.29, 1.82) is 0 Å². The molecule has 1 aromatic carbocycles. The second-order valence-corrected chi connectivity index (χ2v) is 6.63. The molecule has 0 saturated carbocycles. The third-order valence-corrected chi connectivity index (χ3v) is 4.58. The predicted octanol–water partition coefficient (Wildman–Crippen LogP) is 1.72. The largest absolute Gasteiger partial charge is 0.494 e. The number of carbonyl (C=O) groups excluding carboxylic acids is 1. The number of aliphatic hydroxyl groups excluding tert-OH is 1. The van der Waals surface area contributed by atoms with E-state index >= 15 is 0 Å². The Labute approximate surface area is 147 Å². The van der Waals surface area contributed by atoms with Gasteiger partial charge < -0.3 is 14.7 Å². The second kappa shape index (κ2) is 7.70. The Morgan fingerprint density at radius 3 is 2.76 bits per heavy atom. The minimum Gasteiger partial charge on any atom is -0.494 e. The number of carbonyl (C=O) groups is 1. The summed E-state index contributed by atoms with van der Waals surface area (Å²) in [7, 11) is 0. The Hall–Kier alpha value is -2.34. The van der Waals surface area contributed by atoms with Crippen molar-refractivity contribution in [2.75, 3.05) is 19.7 Å². The number of nitrogens with zero attached hydrogens (tertiary/aromatic N) is 2. The van der Waals surface area contributed by atoms with E-state index in [-0.39, 0.29) is 11.8 Å². The summed E-state index contributed by atoms with van der Waals surface area (Å²) >= 11 is 0. The number of aromatic amines is 1. The van der Waals surface area contributed by atoms with E-state index in [0.717, 1.165) is 22.7 Å². The van der Waals surface area contributed by atoms with E-state index in [2.05, 4.69) is 10.2 Å². The maximum absolute atomic E-state index is 12.5. The number of nitrogens with one attached hydrogen (secondary N) is 1. The van der Waals surface area contributed by atoms with Gasteiger partial charge in [-0.1, -0.05) is 12.1 Å². The van der Waals surface area contributed by atoms with Gasteiger partial charge in [-0.25, -0.2) is 0 Å². The van der Waals surface area contributed by atoms with Crippen LogP contribution in [0.1, 0.15) is 23.9 Å². The standard InChI is InChI=1S/C19H25N3O3/c1-3-25-17-6-4-14(5-7-17)9-19(24)22-11-15(18(23)12-22)10-16-8-13(2)20-21-16/h4-8,15,18,23H,3,9-12H2,1-2H3,(H,20,21)/t15-,18+/m1/s1. The lowest BCUT2D eigenvalue weighted by Gasteiger charge is -2.16. The van der Waals surface area contributed by atoms with Crippen LogP contribution >= 0.6 is 0 Å². The zero-order chi connectivity index (χ0) is 17.8. The lowest BCUT2D eigenvalue weighted by Crippen LogP contribution is -2.31. The summed E-state index contributed by atoms with van der Waals surface area (Å²) in [5.41, 5.74) is 2.89. The number of hydrogen-bond acceptors (Lipinski definition) is 4. The van der Waals surface area contributed by atoms with Crippen LogP contribution in [0.25, 0.3) is 0 Å². The Morgan fingerprint density at radius 1 is 1.36 bits per heavy atom. The van der Waals surface area contributed by atoms with Crippen LogP contribution < -0.4 is 4.74 Å². The minimum absolute atomic E-state index is 0.0342. The number of ether oxygens (including phenoxy) is 1. The van der Waals surface area contributed by atoms with Gasteiger partial charge in [0.15, 0.2) is 0 Å². The maximum atomic E-state index is 12.5. The van der Waals surface area contributed by atoms with E-state index in [0.29, 0.717) is 32.5 Å². The molecule has 1 saturated heterocycles. The van der Waals surface area contributed by atoms with Crippen molar-refractivity contribution < 1.29 is 14.6 Å². The van der Waals surface area contributed by atoms with Gasteiger partial charge in [-0.2, -0.15) is 5.10 Å². The van der Waals surface area contributed by atoms with Crippen LogP contribution in [0.2, 0.25) is 0 Å². The number of aromatic nitrogens is 2. The molecule has 0 spiro atoms. The molecule has 1 aliphatic rings. The monoisotopic (exact) mass is 343 g/mol. The third kappa shape index (κ3) is 4.39. The van der Waals surface area contributed by atoms with Crippen LogP contribution in [-0.4, -0.2) is 51.9 Å².